The van der Waals surface area contributed by atoms with Crippen molar-refractivity contribution < 1.29 is 19.5 Å². The number of carboxylic acids is 1. The van der Waals surface area contributed by atoms with Gasteiger partial charge in [0.2, 0.25) is 5.91 Å². The van der Waals surface area contributed by atoms with Crippen LogP contribution in [0, 0.1) is 0 Å². The van der Waals surface area contributed by atoms with Crippen LogP contribution in [0.4, 0.5) is 9.80 Å². The fourth-order valence-electron chi connectivity index (χ4n) is 2.03. The predicted molar refractivity (Wildman–Crippen MR) is 74.1 cm³/mol. The second-order valence-corrected chi connectivity index (χ2v) is 5.49. The molecule has 3 amide bonds. The van der Waals surface area contributed by atoms with Crippen LogP contribution in [-0.4, -0.2) is 47.5 Å². The molecule has 0 spiro atoms. The van der Waals surface area contributed by atoms with Crippen molar-refractivity contribution in [1.82, 2.24) is 10.2 Å². The number of piperidine rings is 1. The van der Waals surface area contributed by atoms with Gasteiger partial charge < -0.3 is 15.3 Å². The molecule has 1 fully saturated rings. The van der Waals surface area contributed by atoms with Crippen LogP contribution in [-0.2, 0) is 4.79 Å². The van der Waals surface area contributed by atoms with Gasteiger partial charge in [-0.05, 0) is 17.9 Å². The largest absolute Gasteiger partial charge is 0.478 e. The minimum Gasteiger partial charge on any atom is -0.478 e. The molecular formula is C12H15N3O4S. The van der Waals surface area contributed by atoms with Gasteiger partial charge in [0.1, 0.15) is 5.00 Å². The molecule has 1 aliphatic rings. The van der Waals surface area contributed by atoms with Crippen molar-refractivity contribution in [2.24, 2.45) is 0 Å². The highest BCUT2D eigenvalue weighted by Gasteiger charge is 2.24. The van der Waals surface area contributed by atoms with E-state index in [0.29, 0.717) is 24.4 Å². The van der Waals surface area contributed by atoms with Crippen LogP contribution in [0.15, 0.2) is 11.4 Å². The van der Waals surface area contributed by atoms with Gasteiger partial charge in [0.15, 0.2) is 0 Å². The number of carboxylic acid groups (broad SMARTS) is 1. The first-order chi connectivity index (χ1) is 9.47. The summed E-state index contributed by atoms with van der Waals surface area (Å²) in [5.74, 6) is -1.01. The quantitative estimate of drug-likeness (QED) is 0.780. The molecule has 1 atom stereocenters. The molecule has 0 aliphatic carbocycles. The summed E-state index contributed by atoms with van der Waals surface area (Å²) >= 11 is 1.15. The molecule has 0 aromatic carbocycles. The number of nitrogens with zero attached hydrogens (tertiary/aromatic N) is 1. The van der Waals surface area contributed by atoms with Crippen molar-refractivity contribution in [2.75, 3.05) is 18.9 Å². The van der Waals surface area contributed by atoms with Crippen LogP contribution in [0.2, 0.25) is 0 Å². The highest BCUT2D eigenvalue weighted by molar-refractivity contribution is 7.14. The van der Waals surface area contributed by atoms with Crippen LogP contribution in [0.3, 0.4) is 0 Å². The average molecular weight is 297 g/mol. The number of aromatic carboxylic acids is 1. The van der Waals surface area contributed by atoms with Crippen LogP contribution in [0.5, 0.6) is 0 Å². The zero-order valence-electron chi connectivity index (χ0n) is 10.9. The van der Waals surface area contributed by atoms with Crippen molar-refractivity contribution in [3.63, 3.8) is 0 Å². The van der Waals surface area contributed by atoms with Gasteiger partial charge in [-0.2, -0.15) is 0 Å². The van der Waals surface area contributed by atoms with E-state index in [2.05, 4.69) is 10.6 Å². The maximum Gasteiger partial charge on any atom is 0.338 e. The Balaban J connectivity index is 1.91. The number of carbonyl (C=O) groups excluding carboxylic acids is 2. The Kier molecular flexibility index (Phi) is 4.23. The molecule has 8 heteroatoms. The molecule has 0 saturated carbocycles. The molecular weight excluding hydrogens is 282 g/mol. The topological polar surface area (TPSA) is 98.7 Å². The Labute approximate surface area is 119 Å². The van der Waals surface area contributed by atoms with E-state index in [1.54, 1.807) is 17.3 Å². The lowest BCUT2D eigenvalue weighted by Crippen LogP contribution is -2.49. The first kappa shape index (κ1) is 14.3. The van der Waals surface area contributed by atoms with Gasteiger partial charge in [-0.3, -0.25) is 10.1 Å². The summed E-state index contributed by atoms with van der Waals surface area (Å²) in [7, 11) is 1.69. The van der Waals surface area contributed by atoms with E-state index in [0.717, 1.165) is 11.3 Å². The Morgan fingerprint density at radius 2 is 2.25 bits per heavy atom. The molecule has 108 valence electrons. The first-order valence-electron chi connectivity index (χ1n) is 6.09. The SMILES string of the molecule is CN1CC(NC(=O)Nc2sccc2C(=O)O)CCC1=O. The molecule has 1 unspecified atom stereocenters. The fraction of sp³-hybridized carbons (Fsp3) is 0.417. The van der Waals surface area contributed by atoms with E-state index >= 15 is 0 Å². The number of rotatable bonds is 3. The number of likely N-dealkylation sites (N-methyl/N-ethyl adjacent to an activating group) is 1. The summed E-state index contributed by atoms with van der Waals surface area (Å²) in [5.41, 5.74) is 0.0705. The van der Waals surface area contributed by atoms with Crippen molar-refractivity contribution in [3.8, 4) is 0 Å². The van der Waals surface area contributed by atoms with E-state index in [4.69, 9.17) is 5.11 Å². The van der Waals surface area contributed by atoms with Gasteiger partial charge in [0.25, 0.3) is 0 Å². The number of anilines is 1. The Bertz CT molecular complexity index is 543. The molecule has 1 aromatic rings. The molecule has 20 heavy (non-hydrogen) atoms. The molecule has 7 nitrogen and oxygen atoms in total. The Morgan fingerprint density at radius 3 is 2.90 bits per heavy atom. The third kappa shape index (κ3) is 3.27. The lowest BCUT2D eigenvalue weighted by atomic mass is 10.1. The summed E-state index contributed by atoms with van der Waals surface area (Å²) in [6.45, 7) is 0.461. The highest BCUT2D eigenvalue weighted by Crippen LogP contribution is 2.23. The number of urea groups is 1. The lowest BCUT2D eigenvalue weighted by Gasteiger charge is -2.30. The minimum atomic E-state index is -1.08. The van der Waals surface area contributed by atoms with Gasteiger partial charge >= 0.3 is 12.0 Å². The number of amides is 3. The van der Waals surface area contributed by atoms with Crippen molar-refractivity contribution >= 4 is 34.2 Å². The number of hydrogen-bond donors (Lipinski definition) is 3. The zero-order valence-corrected chi connectivity index (χ0v) is 11.7. The van der Waals surface area contributed by atoms with Crippen LogP contribution < -0.4 is 10.6 Å². The molecule has 3 N–H and O–H groups in total. The van der Waals surface area contributed by atoms with Gasteiger partial charge in [0, 0.05) is 26.1 Å². The van der Waals surface area contributed by atoms with E-state index in [9.17, 15) is 14.4 Å². The monoisotopic (exact) mass is 297 g/mol. The second kappa shape index (κ2) is 5.91. The number of nitrogens with one attached hydrogen (secondary N) is 2. The summed E-state index contributed by atoms with van der Waals surface area (Å²) in [6, 6.07) is 0.865. The molecule has 1 saturated heterocycles. The fourth-order valence-corrected chi connectivity index (χ4v) is 2.80. The van der Waals surface area contributed by atoms with Crippen LogP contribution in [0.25, 0.3) is 0 Å². The smallest absolute Gasteiger partial charge is 0.338 e. The Morgan fingerprint density at radius 1 is 1.50 bits per heavy atom. The predicted octanol–water partition coefficient (Wildman–Crippen LogP) is 1.19. The number of hydrogen-bond acceptors (Lipinski definition) is 4. The van der Waals surface area contributed by atoms with E-state index in [1.165, 1.54) is 6.07 Å². The molecule has 1 aliphatic heterocycles. The number of thiophene rings is 1. The van der Waals surface area contributed by atoms with Gasteiger partial charge in [-0.15, -0.1) is 11.3 Å². The van der Waals surface area contributed by atoms with E-state index < -0.39 is 12.0 Å². The minimum absolute atomic E-state index is 0.0647. The van der Waals surface area contributed by atoms with Gasteiger partial charge in [-0.1, -0.05) is 0 Å². The van der Waals surface area contributed by atoms with Gasteiger partial charge in [0.05, 0.1) is 5.56 Å². The third-order valence-corrected chi connectivity index (χ3v) is 3.91. The second-order valence-electron chi connectivity index (χ2n) is 4.58. The highest BCUT2D eigenvalue weighted by atomic mass is 32.1. The molecule has 2 heterocycles. The third-order valence-electron chi connectivity index (χ3n) is 3.08. The maximum atomic E-state index is 11.8. The molecule has 1 aromatic heterocycles. The Hall–Kier alpha value is -2.09. The van der Waals surface area contributed by atoms with E-state index in [-0.39, 0.29) is 17.5 Å². The maximum absolute atomic E-state index is 11.8. The summed E-state index contributed by atoms with van der Waals surface area (Å²) in [6.07, 6.45) is 0.994. The van der Waals surface area contributed by atoms with Crippen molar-refractivity contribution in [2.45, 2.75) is 18.9 Å². The lowest BCUT2D eigenvalue weighted by molar-refractivity contribution is -0.132. The molecule has 0 radical (unpaired) electrons. The normalized spacial score (nSPS) is 18.8. The number of carbonyl (C=O) groups is 3. The van der Waals surface area contributed by atoms with Crippen molar-refractivity contribution in [3.05, 3.63) is 17.0 Å². The number of likely N-dealkylation sites (tertiary alicyclic amines) is 1. The standard InChI is InChI=1S/C12H15N3O4S/c1-15-6-7(2-3-9(15)16)13-12(19)14-10-8(11(17)18)4-5-20-10/h4-5,7H,2-3,6H2,1H3,(H,17,18)(H2,13,14,19). The first-order valence-corrected chi connectivity index (χ1v) is 6.97. The molecule has 2 rings (SSSR count). The summed E-state index contributed by atoms with van der Waals surface area (Å²) < 4.78 is 0. The van der Waals surface area contributed by atoms with Crippen molar-refractivity contribution in [1.29, 1.82) is 0 Å². The van der Waals surface area contributed by atoms with E-state index in [1.807, 2.05) is 0 Å². The average Bonchev–Trinajstić information content (AvgIpc) is 2.82. The zero-order chi connectivity index (χ0) is 14.7. The van der Waals surface area contributed by atoms with Crippen LogP contribution in [0.1, 0.15) is 23.2 Å². The molecule has 0 bridgehead atoms. The van der Waals surface area contributed by atoms with Gasteiger partial charge in [-0.25, -0.2) is 9.59 Å². The van der Waals surface area contributed by atoms with Crippen LogP contribution >= 0.6 is 11.3 Å². The summed E-state index contributed by atoms with van der Waals surface area (Å²) in [5, 5.41) is 16.1. The summed E-state index contributed by atoms with van der Waals surface area (Å²) in [4.78, 5) is 35.7.